The number of imidazole rings is 1. The second-order valence-corrected chi connectivity index (χ2v) is 6.89. The Morgan fingerprint density at radius 3 is 2.60 bits per heavy atom. The second kappa shape index (κ2) is 6.73. The van der Waals surface area contributed by atoms with E-state index in [1.54, 1.807) is 54.3 Å². The van der Waals surface area contributed by atoms with E-state index in [1.165, 1.54) is 6.07 Å². The lowest BCUT2D eigenvalue weighted by molar-refractivity contribution is 0.0699. The molecule has 30 heavy (non-hydrogen) atoms. The number of pyridine rings is 2. The number of fused-ring (bicyclic) bond motifs is 2. The molecule has 5 rings (SSSR count). The van der Waals surface area contributed by atoms with Gasteiger partial charge in [-0.25, -0.2) is 14.2 Å². The minimum absolute atomic E-state index is 0.0833. The molecule has 3 heterocycles. The molecule has 0 aliphatic rings. The van der Waals surface area contributed by atoms with Crippen LogP contribution in [0, 0.1) is 12.7 Å². The van der Waals surface area contributed by atoms with E-state index in [0.29, 0.717) is 39.0 Å². The molecule has 0 saturated carbocycles. The molecular formula is C23H15FN4O2. The average Bonchev–Trinajstić information content (AvgIpc) is 3.09. The normalized spacial score (nSPS) is 11.3. The van der Waals surface area contributed by atoms with Crippen molar-refractivity contribution in [1.29, 1.82) is 0 Å². The molecule has 0 fully saturated rings. The van der Waals surface area contributed by atoms with E-state index in [9.17, 15) is 14.3 Å². The highest BCUT2D eigenvalue weighted by atomic mass is 19.1. The monoisotopic (exact) mass is 398 g/mol. The van der Waals surface area contributed by atoms with Gasteiger partial charge in [0.1, 0.15) is 17.2 Å². The van der Waals surface area contributed by atoms with Crippen LogP contribution in [0.4, 0.5) is 4.39 Å². The van der Waals surface area contributed by atoms with Gasteiger partial charge in [0.15, 0.2) is 0 Å². The largest absolute Gasteiger partial charge is 0.478 e. The highest BCUT2D eigenvalue weighted by Gasteiger charge is 2.20. The van der Waals surface area contributed by atoms with Crippen LogP contribution in [0.2, 0.25) is 0 Å². The fourth-order valence-corrected chi connectivity index (χ4v) is 3.80. The predicted octanol–water partition coefficient (Wildman–Crippen LogP) is 4.78. The van der Waals surface area contributed by atoms with Crippen LogP contribution < -0.4 is 0 Å². The average molecular weight is 398 g/mol. The number of aromatic carboxylic acids is 1. The van der Waals surface area contributed by atoms with Crippen molar-refractivity contribution < 1.29 is 14.3 Å². The van der Waals surface area contributed by atoms with Crippen LogP contribution in [0.1, 0.15) is 16.2 Å². The summed E-state index contributed by atoms with van der Waals surface area (Å²) in [5, 5.41) is 10.2. The van der Waals surface area contributed by atoms with Gasteiger partial charge in [-0.3, -0.25) is 14.5 Å². The first-order valence-electron chi connectivity index (χ1n) is 9.25. The Bertz CT molecular complexity index is 1440. The number of carboxylic acids is 1. The number of hydrogen-bond acceptors (Lipinski definition) is 4. The van der Waals surface area contributed by atoms with Crippen molar-refractivity contribution >= 4 is 27.9 Å². The first-order valence-corrected chi connectivity index (χ1v) is 9.25. The molecule has 7 heteroatoms. The molecular weight excluding hydrogens is 383 g/mol. The highest BCUT2D eigenvalue weighted by Crippen LogP contribution is 2.33. The summed E-state index contributed by atoms with van der Waals surface area (Å²) >= 11 is 0. The number of carboxylic acid groups (broad SMARTS) is 1. The lowest BCUT2D eigenvalue weighted by Gasteiger charge is -2.12. The van der Waals surface area contributed by atoms with Crippen molar-refractivity contribution in [1.82, 2.24) is 19.5 Å². The van der Waals surface area contributed by atoms with Gasteiger partial charge in [-0.2, -0.15) is 0 Å². The molecule has 0 atom stereocenters. The summed E-state index contributed by atoms with van der Waals surface area (Å²) in [7, 11) is 0. The van der Waals surface area contributed by atoms with Crippen LogP contribution in [-0.2, 0) is 0 Å². The zero-order chi connectivity index (χ0) is 20.8. The predicted molar refractivity (Wildman–Crippen MR) is 111 cm³/mol. The zero-order valence-electron chi connectivity index (χ0n) is 15.9. The van der Waals surface area contributed by atoms with Crippen molar-refractivity contribution in [2.45, 2.75) is 6.92 Å². The Hall–Kier alpha value is -4.13. The van der Waals surface area contributed by atoms with Gasteiger partial charge in [-0.1, -0.05) is 6.07 Å². The van der Waals surface area contributed by atoms with Crippen molar-refractivity contribution in [2.75, 3.05) is 0 Å². The number of halogens is 1. The Morgan fingerprint density at radius 2 is 1.83 bits per heavy atom. The molecule has 0 radical (unpaired) electrons. The standard InChI is InChI=1S/C23H15FN4O2/c1-13-27-22-16(23(29)30)11-15(14-5-8-25-9-6-14)12-20(22)28(13)19-7-10-26-18-4-2-3-17(24)21(18)19/h2-12H,1H3,(H,29,30). The van der Waals surface area contributed by atoms with E-state index in [0.717, 1.165) is 5.56 Å². The van der Waals surface area contributed by atoms with Crippen LogP contribution in [0.25, 0.3) is 38.8 Å². The summed E-state index contributed by atoms with van der Waals surface area (Å²) in [4.78, 5) is 24.8. The first-order chi connectivity index (χ1) is 14.5. The van der Waals surface area contributed by atoms with Crippen molar-refractivity contribution in [3.05, 3.63) is 84.3 Å². The maximum atomic E-state index is 14.7. The van der Waals surface area contributed by atoms with Gasteiger partial charge in [0.05, 0.1) is 27.7 Å². The van der Waals surface area contributed by atoms with E-state index in [4.69, 9.17) is 0 Å². The van der Waals surface area contributed by atoms with Gasteiger partial charge in [0.2, 0.25) is 0 Å². The Kier molecular flexibility index (Phi) is 4.03. The lowest BCUT2D eigenvalue weighted by atomic mass is 10.0. The third-order valence-electron chi connectivity index (χ3n) is 5.11. The van der Waals surface area contributed by atoms with Gasteiger partial charge in [-0.15, -0.1) is 0 Å². The van der Waals surface area contributed by atoms with Crippen LogP contribution in [0.15, 0.2) is 67.1 Å². The third-order valence-corrected chi connectivity index (χ3v) is 5.11. The van der Waals surface area contributed by atoms with Crippen molar-refractivity contribution in [2.24, 2.45) is 0 Å². The highest BCUT2D eigenvalue weighted by molar-refractivity contribution is 6.04. The van der Waals surface area contributed by atoms with E-state index >= 15 is 0 Å². The minimum Gasteiger partial charge on any atom is -0.478 e. The molecule has 2 aromatic carbocycles. The van der Waals surface area contributed by atoms with Gasteiger partial charge in [0.25, 0.3) is 0 Å². The second-order valence-electron chi connectivity index (χ2n) is 6.89. The first kappa shape index (κ1) is 17.9. The van der Waals surface area contributed by atoms with Crippen molar-refractivity contribution in [3.63, 3.8) is 0 Å². The van der Waals surface area contributed by atoms with E-state index in [1.807, 2.05) is 18.2 Å². The topological polar surface area (TPSA) is 80.9 Å². The molecule has 0 saturated heterocycles. The number of nitrogens with zero attached hydrogens (tertiary/aromatic N) is 4. The smallest absolute Gasteiger partial charge is 0.337 e. The molecule has 6 nitrogen and oxygen atoms in total. The summed E-state index contributed by atoms with van der Waals surface area (Å²) in [6, 6.07) is 13.5. The fourth-order valence-electron chi connectivity index (χ4n) is 3.80. The van der Waals surface area contributed by atoms with Gasteiger partial charge >= 0.3 is 5.97 Å². The molecule has 0 amide bonds. The summed E-state index contributed by atoms with van der Waals surface area (Å²) in [5.74, 6) is -0.929. The third kappa shape index (κ3) is 2.71. The Balaban J connectivity index is 1.90. The number of rotatable bonds is 3. The van der Waals surface area contributed by atoms with E-state index in [2.05, 4.69) is 15.0 Å². The van der Waals surface area contributed by atoms with Crippen molar-refractivity contribution in [3.8, 4) is 16.8 Å². The lowest BCUT2D eigenvalue weighted by Crippen LogP contribution is -2.01. The quantitative estimate of drug-likeness (QED) is 0.473. The Morgan fingerprint density at radius 1 is 1.03 bits per heavy atom. The molecule has 0 aliphatic heterocycles. The summed E-state index contributed by atoms with van der Waals surface area (Å²) in [6.45, 7) is 1.77. The van der Waals surface area contributed by atoms with Crippen LogP contribution in [0.3, 0.4) is 0 Å². The molecule has 1 N–H and O–H groups in total. The number of hydrogen-bond donors (Lipinski definition) is 1. The summed E-state index contributed by atoms with van der Waals surface area (Å²) < 4.78 is 16.5. The molecule has 146 valence electrons. The number of aromatic nitrogens is 4. The fraction of sp³-hybridized carbons (Fsp3) is 0.0435. The SMILES string of the molecule is Cc1nc2c(C(=O)O)cc(-c3ccncc3)cc2n1-c1ccnc2cccc(F)c12. The molecule has 0 unspecified atom stereocenters. The number of carbonyl (C=O) groups is 1. The van der Waals surface area contributed by atoms with Crippen LogP contribution in [0.5, 0.6) is 0 Å². The van der Waals surface area contributed by atoms with Gasteiger partial charge in [-0.05, 0) is 60.5 Å². The number of benzene rings is 2. The maximum Gasteiger partial charge on any atom is 0.337 e. The minimum atomic E-state index is -1.08. The molecule has 0 aliphatic carbocycles. The maximum absolute atomic E-state index is 14.7. The van der Waals surface area contributed by atoms with Gasteiger partial charge in [0, 0.05) is 18.6 Å². The van der Waals surface area contributed by atoms with Crippen LogP contribution >= 0.6 is 0 Å². The molecule has 5 aromatic rings. The van der Waals surface area contributed by atoms with E-state index in [-0.39, 0.29) is 5.56 Å². The molecule has 0 bridgehead atoms. The van der Waals surface area contributed by atoms with Gasteiger partial charge < -0.3 is 5.11 Å². The molecule has 3 aromatic heterocycles. The molecule has 0 spiro atoms. The summed E-state index contributed by atoms with van der Waals surface area (Å²) in [5.41, 5.74) is 3.61. The van der Waals surface area contributed by atoms with Crippen LogP contribution in [-0.4, -0.2) is 30.6 Å². The summed E-state index contributed by atoms with van der Waals surface area (Å²) in [6.07, 6.45) is 4.90. The Labute approximate surface area is 170 Å². The van der Waals surface area contributed by atoms with E-state index < -0.39 is 11.8 Å². The number of aryl methyl sites for hydroxylation is 1. The zero-order valence-corrected chi connectivity index (χ0v) is 15.9.